The number of aliphatic hydroxyl groups is 1. The number of hydrogen-bond donors (Lipinski definition) is 2. The summed E-state index contributed by atoms with van der Waals surface area (Å²) in [5, 5.41) is 17.1. The van der Waals surface area contributed by atoms with Gasteiger partial charge in [-0.3, -0.25) is 0 Å². The van der Waals surface area contributed by atoms with Crippen molar-refractivity contribution in [1.82, 2.24) is 5.32 Å². The molecule has 1 aromatic carbocycles. The monoisotopic (exact) mass is 292 g/mol. The first kappa shape index (κ1) is 15.8. The molecule has 1 aliphatic rings. The van der Waals surface area contributed by atoms with E-state index in [1.165, 1.54) is 0 Å². The molecule has 0 radical (unpaired) electrons. The predicted molar refractivity (Wildman–Crippen MR) is 82.8 cm³/mol. The van der Waals surface area contributed by atoms with Crippen LogP contribution in [-0.2, 0) is 4.84 Å². The lowest BCUT2D eigenvalue weighted by Crippen LogP contribution is -2.30. The summed E-state index contributed by atoms with van der Waals surface area (Å²) in [5.74, 6) is 0.850. The van der Waals surface area contributed by atoms with Gasteiger partial charge in [0.05, 0.1) is 12.3 Å². The number of nitrogens with one attached hydrogen (secondary N) is 1. The fraction of sp³-hybridized carbons (Fsp3) is 0.562. The summed E-state index contributed by atoms with van der Waals surface area (Å²) < 4.78 is 5.68. The van der Waals surface area contributed by atoms with Crippen molar-refractivity contribution in [3.63, 3.8) is 0 Å². The minimum Gasteiger partial charge on any atom is -0.493 e. The molecule has 1 aliphatic heterocycles. The minimum absolute atomic E-state index is 0.198. The molecule has 0 fully saturated rings. The average molecular weight is 292 g/mol. The summed E-state index contributed by atoms with van der Waals surface area (Å²) in [6.45, 7) is 4.41. The Kier molecular flexibility index (Phi) is 6.50. The van der Waals surface area contributed by atoms with E-state index in [9.17, 15) is 5.11 Å². The number of benzene rings is 1. The van der Waals surface area contributed by atoms with Crippen molar-refractivity contribution in [2.75, 3.05) is 26.3 Å². The fourth-order valence-electron chi connectivity index (χ4n) is 2.19. The van der Waals surface area contributed by atoms with Crippen LogP contribution in [0.2, 0.25) is 0 Å². The van der Waals surface area contributed by atoms with Gasteiger partial charge in [-0.05, 0) is 37.9 Å². The number of nitrogens with zero attached hydrogens (tertiary/aromatic N) is 1. The van der Waals surface area contributed by atoms with Gasteiger partial charge in [-0.25, -0.2) is 0 Å². The topological polar surface area (TPSA) is 63.1 Å². The molecule has 1 aromatic rings. The van der Waals surface area contributed by atoms with Crippen molar-refractivity contribution in [2.45, 2.75) is 32.3 Å². The van der Waals surface area contributed by atoms with Gasteiger partial charge in [0.25, 0.3) is 0 Å². The van der Waals surface area contributed by atoms with Crippen LogP contribution in [0.25, 0.3) is 0 Å². The molecule has 1 heterocycles. The van der Waals surface area contributed by atoms with Crippen LogP contribution >= 0.6 is 0 Å². The van der Waals surface area contributed by atoms with Crippen molar-refractivity contribution < 1.29 is 14.7 Å². The maximum Gasteiger partial charge on any atom is 0.144 e. The second-order valence-corrected chi connectivity index (χ2v) is 5.14. The van der Waals surface area contributed by atoms with Gasteiger partial charge in [0.1, 0.15) is 18.5 Å². The highest BCUT2D eigenvalue weighted by molar-refractivity contribution is 6.02. The Labute approximate surface area is 125 Å². The van der Waals surface area contributed by atoms with Crippen molar-refractivity contribution >= 4 is 5.71 Å². The zero-order valence-corrected chi connectivity index (χ0v) is 12.5. The number of rotatable bonds is 7. The van der Waals surface area contributed by atoms with Gasteiger partial charge < -0.3 is 20.0 Å². The Morgan fingerprint density at radius 2 is 2.29 bits per heavy atom. The van der Waals surface area contributed by atoms with E-state index >= 15 is 0 Å². The Balaban J connectivity index is 1.89. The first-order chi connectivity index (χ1) is 10.3. The minimum atomic E-state index is -0.543. The standard InChI is InChI=1S/C16H24N2O3/c1-2-9-17-11-13(19)12-21-18-15-7-5-10-20-16-8-4-3-6-14(15)16/h3-4,6,8,13,17,19H,2,5,7,9-12H2,1H3/b18-15-. The third-order valence-electron chi connectivity index (χ3n) is 3.26. The van der Waals surface area contributed by atoms with E-state index in [0.29, 0.717) is 13.2 Å². The van der Waals surface area contributed by atoms with Gasteiger partial charge in [-0.1, -0.05) is 24.2 Å². The molecule has 0 aliphatic carbocycles. The molecule has 0 saturated carbocycles. The van der Waals surface area contributed by atoms with Crippen LogP contribution in [-0.4, -0.2) is 43.2 Å². The molecule has 0 saturated heterocycles. The Hall–Kier alpha value is -1.59. The van der Waals surface area contributed by atoms with Crippen LogP contribution < -0.4 is 10.1 Å². The predicted octanol–water partition coefficient (Wildman–Crippen LogP) is 1.94. The van der Waals surface area contributed by atoms with Crippen LogP contribution in [0.1, 0.15) is 31.7 Å². The summed E-state index contributed by atoms with van der Waals surface area (Å²) in [7, 11) is 0. The van der Waals surface area contributed by atoms with Gasteiger partial charge in [-0.2, -0.15) is 0 Å². The van der Waals surface area contributed by atoms with Crippen molar-refractivity contribution in [3.8, 4) is 5.75 Å². The van der Waals surface area contributed by atoms with Crippen LogP contribution in [0, 0.1) is 0 Å². The maximum absolute atomic E-state index is 9.77. The quantitative estimate of drug-likeness (QED) is 0.595. The molecule has 0 aromatic heterocycles. The number of ether oxygens (including phenoxy) is 1. The van der Waals surface area contributed by atoms with Crippen LogP contribution in [0.3, 0.4) is 0 Å². The SMILES string of the molecule is CCCNCC(O)CO/N=C1/CCCOc2ccccc21. The molecule has 1 unspecified atom stereocenters. The molecule has 5 nitrogen and oxygen atoms in total. The third kappa shape index (κ3) is 5.02. The molecule has 0 amide bonds. The van der Waals surface area contributed by atoms with Crippen molar-refractivity contribution in [3.05, 3.63) is 29.8 Å². The number of fused-ring (bicyclic) bond motifs is 1. The summed E-state index contributed by atoms with van der Waals surface area (Å²) in [5.41, 5.74) is 1.87. The van der Waals surface area contributed by atoms with Crippen LogP contribution in [0.15, 0.2) is 29.4 Å². The Morgan fingerprint density at radius 3 is 3.14 bits per heavy atom. The molecule has 2 N–H and O–H groups in total. The molecule has 21 heavy (non-hydrogen) atoms. The molecule has 0 bridgehead atoms. The van der Waals surface area contributed by atoms with Gasteiger partial charge in [0, 0.05) is 12.1 Å². The highest BCUT2D eigenvalue weighted by Crippen LogP contribution is 2.24. The molecule has 116 valence electrons. The van der Waals surface area contributed by atoms with E-state index in [-0.39, 0.29) is 6.61 Å². The van der Waals surface area contributed by atoms with Gasteiger partial charge in [0.15, 0.2) is 0 Å². The van der Waals surface area contributed by atoms with Gasteiger partial charge in [0.2, 0.25) is 0 Å². The lowest BCUT2D eigenvalue weighted by molar-refractivity contribution is 0.0403. The number of aliphatic hydroxyl groups excluding tert-OH is 1. The van der Waals surface area contributed by atoms with Gasteiger partial charge >= 0.3 is 0 Å². The molecule has 2 rings (SSSR count). The number of oxime groups is 1. The average Bonchev–Trinajstić information content (AvgIpc) is 2.70. The first-order valence-corrected chi connectivity index (χ1v) is 7.61. The van der Waals surface area contributed by atoms with Crippen LogP contribution in [0.5, 0.6) is 5.75 Å². The zero-order chi connectivity index (χ0) is 14.9. The molecule has 5 heteroatoms. The second kappa shape index (κ2) is 8.64. The second-order valence-electron chi connectivity index (χ2n) is 5.14. The van der Waals surface area contributed by atoms with Crippen molar-refractivity contribution in [2.24, 2.45) is 5.16 Å². The lowest BCUT2D eigenvalue weighted by Gasteiger charge is -2.11. The molecular formula is C16H24N2O3. The fourth-order valence-corrected chi connectivity index (χ4v) is 2.19. The maximum atomic E-state index is 9.77. The number of hydrogen-bond acceptors (Lipinski definition) is 5. The van der Waals surface area contributed by atoms with E-state index in [0.717, 1.165) is 42.8 Å². The number of para-hydroxylation sites is 1. The summed E-state index contributed by atoms with van der Waals surface area (Å²) in [6.07, 6.45) is 2.24. The van der Waals surface area contributed by atoms with E-state index < -0.39 is 6.10 Å². The van der Waals surface area contributed by atoms with E-state index in [2.05, 4.69) is 17.4 Å². The third-order valence-corrected chi connectivity index (χ3v) is 3.26. The molecule has 0 spiro atoms. The van der Waals surface area contributed by atoms with E-state index in [1.807, 2.05) is 24.3 Å². The largest absolute Gasteiger partial charge is 0.493 e. The smallest absolute Gasteiger partial charge is 0.144 e. The lowest BCUT2D eigenvalue weighted by atomic mass is 10.1. The summed E-state index contributed by atoms with van der Waals surface area (Å²) in [6, 6.07) is 7.85. The highest BCUT2D eigenvalue weighted by Gasteiger charge is 2.15. The summed E-state index contributed by atoms with van der Waals surface area (Å²) >= 11 is 0. The Bertz CT molecular complexity index is 463. The Morgan fingerprint density at radius 1 is 1.43 bits per heavy atom. The first-order valence-electron chi connectivity index (χ1n) is 7.61. The van der Waals surface area contributed by atoms with Crippen molar-refractivity contribution in [1.29, 1.82) is 0 Å². The van der Waals surface area contributed by atoms with Gasteiger partial charge in [-0.15, -0.1) is 0 Å². The highest BCUT2D eigenvalue weighted by atomic mass is 16.6. The van der Waals surface area contributed by atoms with E-state index in [4.69, 9.17) is 9.57 Å². The normalized spacial score (nSPS) is 17.7. The van der Waals surface area contributed by atoms with Crippen LogP contribution in [0.4, 0.5) is 0 Å². The molecule has 1 atom stereocenters. The zero-order valence-electron chi connectivity index (χ0n) is 12.5. The van der Waals surface area contributed by atoms with E-state index in [1.54, 1.807) is 0 Å². The molecular weight excluding hydrogens is 268 g/mol. The summed E-state index contributed by atoms with van der Waals surface area (Å²) in [4.78, 5) is 5.32.